The highest BCUT2D eigenvalue weighted by molar-refractivity contribution is 6.38. The summed E-state index contributed by atoms with van der Waals surface area (Å²) in [5, 5.41) is 9.16. The van der Waals surface area contributed by atoms with Gasteiger partial charge in [-0.3, -0.25) is 9.59 Å². The zero-order chi connectivity index (χ0) is 13.9. The number of nitrogens with zero attached hydrogens (tertiary/aromatic N) is 1. The minimum atomic E-state index is -1.02. The van der Waals surface area contributed by atoms with Crippen LogP contribution in [-0.4, -0.2) is 40.3 Å². The molecule has 1 unspecified atom stereocenters. The van der Waals surface area contributed by atoms with E-state index >= 15 is 0 Å². The monoisotopic (exact) mass is 255 g/mol. The molecule has 0 spiro atoms. The van der Waals surface area contributed by atoms with Gasteiger partial charge < -0.3 is 10.0 Å². The molecule has 1 aliphatic heterocycles. The lowest BCUT2D eigenvalue weighted by Crippen LogP contribution is -2.49. The summed E-state index contributed by atoms with van der Waals surface area (Å²) in [7, 11) is 0. The summed E-state index contributed by atoms with van der Waals surface area (Å²) in [5.74, 6) is -2.19. The maximum atomic E-state index is 12.1. The van der Waals surface area contributed by atoms with E-state index in [2.05, 4.69) is 0 Å². The van der Waals surface area contributed by atoms with Gasteiger partial charge in [0.1, 0.15) is 6.04 Å². The first-order chi connectivity index (χ1) is 8.25. The second kappa shape index (κ2) is 5.50. The van der Waals surface area contributed by atoms with Crippen LogP contribution in [0.1, 0.15) is 46.5 Å². The first-order valence-electron chi connectivity index (χ1n) is 6.33. The average Bonchev–Trinajstić information content (AvgIpc) is 2.50. The fourth-order valence-corrected chi connectivity index (χ4v) is 2.06. The molecule has 18 heavy (non-hydrogen) atoms. The van der Waals surface area contributed by atoms with Gasteiger partial charge in [-0.15, -0.1) is 0 Å². The number of amides is 1. The van der Waals surface area contributed by atoms with Crippen LogP contribution in [0.3, 0.4) is 0 Å². The van der Waals surface area contributed by atoms with Crippen molar-refractivity contribution >= 4 is 17.7 Å². The summed E-state index contributed by atoms with van der Waals surface area (Å²) in [6.45, 7) is 5.36. The van der Waals surface area contributed by atoms with Gasteiger partial charge in [-0.25, -0.2) is 4.79 Å². The van der Waals surface area contributed by atoms with E-state index in [-0.39, 0.29) is 0 Å². The Bertz CT molecular complexity index is 356. The third-order valence-corrected chi connectivity index (χ3v) is 3.17. The third kappa shape index (κ3) is 3.31. The lowest BCUT2D eigenvalue weighted by molar-refractivity contribution is -0.156. The van der Waals surface area contributed by atoms with E-state index in [1.165, 1.54) is 4.90 Å². The van der Waals surface area contributed by atoms with Crippen LogP contribution < -0.4 is 0 Å². The molecule has 5 heteroatoms. The second-order valence-corrected chi connectivity index (χ2v) is 5.78. The number of Topliss-reactive ketones (excluding diaryl/α,β-unsaturated/α-hetero) is 1. The summed E-state index contributed by atoms with van der Waals surface area (Å²) in [5.41, 5.74) is -0.771. The summed E-state index contributed by atoms with van der Waals surface area (Å²) in [6.07, 6.45) is 2.87. The van der Waals surface area contributed by atoms with Gasteiger partial charge in [0.15, 0.2) is 0 Å². The Morgan fingerprint density at radius 3 is 2.22 bits per heavy atom. The summed E-state index contributed by atoms with van der Waals surface area (Å²) >= 11 is 0. The average molecular weight is 255 g/mol. The number of carboxylic acids is 1. The van der Waals surface area contributed by atoms with E-state index in [9.17, 15) is 14.4 Å². The second-order valence-electron chi connectivity index (χ2n) is 5.78. The minimum Gasteiger partial charge on any atom is -0.480 e. The number of carbonyl (C=O) groups is 3. The maximum Gasteiger partial charge on any atom is 0.326 e. The molecule has 1 N–H and O–H groups in total. The fraction of sp³-hybridized carbons (Fsp3) is 0.769. The number of carbonyl (C=O) groups excluding carboxylic acids is 2. The Hall–Kier alpha value is -1.39. The van der Waals surface area contributed by atoms with E-state index in [0.29, 0.717) is 13.0 Å². The highest BCUT2D eigenvalue weighted by Crippen LogP contribution is 2.21. The van der Waals surface area contributed by atoms with Crippen LogP contribution in [0.5, 0.6) is 0 Å². The molecule has 1 amide bonds. The molecular weight excluding hydrogens is 234 g/mol. The van der Waals surface area contributed by atoms with Crippen molar-refractivity contribution in [2.24, 2.45) is 5.41 Å². The number of hydrogen-bond donors (Lipinski definition) is 1. The summed E-state index contributed by atoms with van der Waals surface area (Å²) < 4.78 is 0. The molecule has 0 radical (unpaired) electrons. The van der Waals surface area contributed by atoms with Crippen molar-refractivity contribution in [2.75, 3.05) is 6.54 Å². The molecule has 0 bridgehead atoms. The van der Waals surface area contributed by atoms with Crippen LogP contribution in [0.15, 0.2) is 0 Å². The quantitative estimate of drug-likeness (QED) is 0.758. The standard InChI is InChI=1S/C13H21NO4/c1-13(2,3)10(15)11(16)14-8-6-4-5-7-9(14)12(17)18/h9H,4-8H2,1-3H3,(H,17,18). The molecule has 0 aliphatic carbocycles. The van der Waals surface area contributed by atoms with Gasteiger partial charge in [-0.1, -0.05) is 33.6 Å². The van der Waals surface area contributed by atoms with Gasteiger partial charge in [0, 0.05) is 12.0 Å². The molecule has 1 rings (SSSR count). The summed E-state index contributed by atoms with van der Waals surface area (Å²) in [4.78, 5) is 36.5. The van der Waals surface area contributed by atoms with Gasteiger partial charge in [0.25, 0.3) is 5.91 Å². The largest absolute Gasteiger partial charge is 0.480 e. The lowest BCUT2D eigenvalue weighted by atomic mass is 9.89. The van der Waals surface area contributed by atoms with Gasteiger partial charge in [-0.05, 0) is 12.8 Å². The van der Waals surface area contributed by atoms with Crippen LogP contribution in [-0.2, 0) is 14.4 Å². The van der Waals surface area contributed by atoms with Crippen molar-refractivity contribution in [3.8, 4) is 0 Å². The molecule has 1 heterocycles. The van der Waals surface area contributed by atoms with Gasteiger partial charge in [0.05, 0.1) is 0 Å². The van der Waals surface area contributed by atoms with Gasteiger partial charge in [-0.2, -0.15) is 0 Å². The number of rotatable bonds is 2. The zero-order valence-corrected chi connectivity index (χ0v) is 11.2. The molecule has 102 valence electrons. The van der Waals surface area contributed by atoms with E-state index in [1.807, 2.05) is 0 Å². The van der Waals surface area contributed by atoms with Crippen molar-refractivity contribution in [3.63, 3.8) is 0 Å². The molecule has 1 atom stereocenters. The Balaban J connectivity index is 2.92. The van der Waals surface area contributed by atoms with Crippen molar-refractivity contribution < 1.29 is 19.5 Å². The van der Waals surface area contributed by atoms with Gasteiger partial charge in [0.2, 0.25) is 5.78 Å². The SMILES string of the molecule is CC(C)(C)C(=O)C(=O)N1CCCCCC1C(=O)O. The smallest absolute Gasteiger partial charge is 0.326 e. The first kappa shape index (κ1) is 14.7. The number of carboxylic acid groups (broad SMARTS) is 1. The predicted octanol–water partition coefficient (Wildman–Crippen LogP) is 1.46. The van der Waals surface area contributed by atoms with Crippen molar-refractivity contribution in [1.82, 2.24) is 4.90 Å². The first-order valence-corrected chi connectivity index (χ1v) is 6.33. The van der Waals surface area contributed by atoms with Crippen molar-refractivity contribution in [1.29, 1.82) is 0 Å². The van der Waals surface area contributed by atoms with Crippen LogP contribution >= 0.6 is 0 Å². The van der Waals surface area contributed by atoms with Crippen molar-refractivity contribution in [2.45, 2.75) is 52.5 Å². The summed E-state index contributed by atoms with van der Waals surface area (Å²) in [6, 6.07) is -0.855. The number of hydrogen-bond acceptors (Lipinski definition) is 3. The molecule has 0 aromatic carbocycles. The topological polar surface area (TPSA) is 74.7 Å². The van der Waals surface area contributed by atoms with Gasteiger partial charge >= 0.3 is 5.97 Å². The minimum absolute atomic E-state index is 0.359. The molecule has 1 fully saturated rings. The molecule has 0 saturated carbocycles. The molecule has 1 saturated heterocycles. The lowest BCUT2D eigenvalue weighted by Gasteiger charge is -2.28. The Morgan fingerprint density at radius 1 is 1.11 bits per heavy atom. The zero-order valence-electron chi connectivity index (χ0n) is 11.2. The predicted molar refractivity (Wildman–Crippen MR) is 66.1 cm³/mol. The van der Waals surface area contributed by atoms with Crippen LogP contribution in [0.25, 0.3) is 0 Å². The Labute approximate surface area is 107 Å². The number of likely N-dealkylation sites (tertiary alicyclic amines) is 1. The van der Waals surface area contributed by atoms with Crippen LogP contribution in [0.2, 0.25) is 0 Å². The van der Waals surface area contributed by atoms with Crippen LogP contribution in [0.4, 0.5) is 0 Å². The molecular formula is C13H21NO4. The molecule has 5 nitrogen and oxygen atoms in total. The highest BCUT2D eigenvalue weighted by Gasteiger charge is 2.37. The molecule has 1 aliphatic rings. The van der Waals surface area contributed by atoms with E-state index in [1.54, 1.807) is 20.8 Å². The maximum absolute atomic E-state index is 12.1. The van der Waals surface area contributed by atoms with E-state index < -0.39 is 29.1 Å². The van der Waals surface area contributed by atoms with E-state index in [4.69, 9.17) is 5.11 Å². The Kier molecular flexibility index (Phi) is 4.48. The van der Waals surface area contributed by atoms with Crippen LogP contribution in [0, 0.1) is 5.41 Å². The van der Waals surface area contributed by atoms with Crippen molar-refractivity contribution in [3.05, 3.63) is 0 Å². The van der Waals surface area contributed by atoms with E-state index in [0.717, 1.165) is 19.3 Å². The Morgan fingerprint density at radius 2 is 1.72 bits per heavy atom. The highest BCUT2D eigenvalue weighted by atomic mass is 16.4. The molecule has 0 aromatic rings. The number of ketones is 1. The fourth-order valence-electron chi connectivity index (χ4n) is 2.06. The number of aliphatic carboxylic acids is 1. The molecule has 0 aromatic heterocycles. The third-order valence-electron chi connectivity index (χ3n) is 3.17. The normalized spacial score (nSPS) is 21.3.